The Morgan fingerprint density at radius 3 is 1.85 bits per heavy atom. The summed E-state index contributed by atoms with van der Waals surface area (Å²) in [6, 6.07) is 0. The smallest absolute Gasteiger partial charge is 0.257 e. The van der Waals surface area contributed by atoms with Crippen LogP contribution in [0, 0.1) is 0 Å². The van der Waals surface area contributed by atoms with E-state index in [2.05, 4.69) is 4.65 Å². The number of aliphatic hydroxyl groups is 5. The highest BCUT2D eigenvalue weighted by Gasteiger charge is 2.29. The summed E-state index contributed by atoms with van der Waals surface area (Å²) in [5.74, 6) is 0. The molecule has 0 saturated heterocycles. The summed E-state index contributed by atoms with van der Waals surface area (Å²) < 4.78 is 4.52. The van der Waals surface area contributed by atoms with Crippen molar-refractivity contribution in [1.29, 1.82) is 0 Å². The first-order valence-corrected chi connectivity index (χ1v) is 3.86. The van der Waals surface area contributed by atoms with E-state index in [4.69, 9.17) is 25.5 Å². The van der Waals surface area contributed by atoms with Crippen molar-refractivity contribution in [3.63, 3.8) is 0 Å². The van der Waals surface area contributed by atoms with Gasteiger partial charge in [0.25, 0.3) is 8.05 Å². The van der Waals surface area contributed by atoms with E-state index in [0.29, 0.717) is 0 Å². The lowest BCUT2D eigenvalue weighted by Crippen LogP contribution is -2.47. The van der Waals surface area contributed by atoms with E-state index in [1.165, 1.54) is 8.05 Å². The Bertz CT molecular complexity index is 134. The average Bonchev–Trinajstić information content (AvgIpc) is 2.14. The Balaban J connectivity index is 3.99. The standard InChI is InChI=1S/C6H15BO6/c7-13-2-4(10)6(12)5(11)3(9)1-8/h3-6,8-12H,1-2,7H2/t3-,4+,5-,6-/m1/s1. The SMILES string of the molecule is BOC[C@H](O)[C@@H](O)[C@H](O)[C@H](O)CO. The summed E-state index contributed by atoms with van der Waals surface area (Å²) >= 11 is 0. The lowest BCUT2D eigenvalue weighted by molar-refractivity contribution is -0.121. The summed E-state index contributed by atoms with van der Waals surface area (Å²) in [4.78, 5) is 0. The fourth-order valence-corrected chi connectivity index (χ4v) is 0.833. The first-order valence-electron chi connectivity index (χ1n) is 3.86. The molecule has 0 aromatic carbocycles. The second kappa shape index (κ2) is 6.30. The maximum absolute atomic E-state index is 9.17. The van der Waals surface area contributed by atoms with Crippen LogP contribution >= 0.6 is 0 Å². The minimum Gasteiger partial charge on any atom is -0.441 e. The maximum Gasteiger partial charge on any atom is 0.257 e. The Hall–Kier alpha value is -0.175. The van der Waals surface area contributed by atoms with E-state index >= 15 is 0 Å². The Morgan fingerprint density at radius 2 is 1.46 bits per heavy atom. The summed E-state index contributed by atoms with van der Waals surface area (Å²) in [6.45, 7) is -0.839. The quantitative estimate of drug-likeness (QED) is 0.275. The van der Waals surface area contributed by atoms with Gasteiger partial charge in [-0.3, -0.25) is 0 Å². The largest absolute Gasteiger partial charge is 0.441 e. The van der Waals surface area contributed by atoms with Crippen LogP contribution in [-0.4, -0.2) is 71.2 Å². The van der Waals surface area contributed by atoms with Crippen LogP contribution in [0.25, 0.3) is 0 Å². The highest BCUT2D eigenvalue weighted by molar-refractivity contribution is 5.97. The molecule has 0 aliphatic heterocycles. The maximum atomic E-state index is 9.17. The zero-order chi connectivity index (χ0) is 10.4. The highest BCUT2D eigenvalue weighted by Crippen LogP contribution is 2.04. The van der Waals surface area contributed by atoms with E-state index < -0.39 is 31.0 Å². The van der Waals surface area contributed by atoms with Gasteiger partial charge in [-0.05, 0) is 0 Å². The lowest BCUT2D eigenvalue weighted by Gasteiger charge is -2.25. The second-order valence-electron chi connectivity index (χ2n) is 2.75. The van der Waals surface area contributed by atoms with Crippen LogP contribution in [0.3, 0.4) is 0 Å². The van der Waals surface area contributed by atoms with Crippen molar-refractivity contribution in [2.45, 2.75) is 24.4 Å². The zero-order valence-corrected chi connectivity index (χ0v) is 7.37. The third-order valence-corrected chi connectivity index (χ3v) is 1.66. The van der Waals surface area contributed by atoms with Crippen molar-refractivity contribution in [1.82, 2.24) is 0 Å². The topological polar surface area (TPSA) is 110 Å². The van der Waals surface area contributed by atoms with Crippen molar-refractivity contribution < 1.29 is 30.2 Å². The molecular weight excluding hydrogens is 179 g/mol. The van der Waals surface area contributed by atoms with Crippen molar-refractivity contribution in [3.05, 3.63) is 0 Å². The van der Waals surface area contributed by atoms with E-state index in [1.54, 1.807) is 0 Å². The van der Waals surface area contributed by atoms with Gasteiger partial charge in [0.15, 0.2) is 0 Å². The number of hydrogen-bond acceptors (Lipinski definition) is 6. The molecule has 0 aromatic rings. The second-order valence-corrected chi connectivity index (χ2v) is 2.75. The number of rotatable bonds is 6. The Kier molecular flexibility index (Phi) is 6.22. The first-order chi connectivity index (χ1) is 6.04. The normalized spacial score (nSPS) is 20.7. The van der Waals surface area contributed by atoms with Crippen molar-refractivity contribution >= 4 is 8.05 Å². The predicted molar refractivity (Wildman–Crippen MR) is 45.6 cm³/mol. The van der Waals surface area contributed by atoms with Crippen LogP contribution in [0.2, 0.25) is 0 Å². The molecule has 0 bridgehead atoms. The minimum absolute atomic E-state index is 0.156. The molecule has 0 fully saturated rings. The first kappa shape index (κ1) is 12.8. The van der Waals surface area contributed by atoms with E-state index in [-0.39, 0.29) is 6.61 Å². The molecule has 6 nitrogen and oxygen atoms in total. The molecule has 0 aliphatic rings. The van der Waals surface area contributed by atoms with Gasteiger partial charge in [0.2, 0.25) is 0 Å². The molecule has 0 saturated carbocycles. The molecule has 0 rings (SSSR count). The van der Waals surface area contributed by atoms with Gasteiger partial charge in [0.05, 0.1) is 13.2 Å². The summed E-state index contributed by atoms with van der Waals surface area (Å²) in [5, 5.41) is 44.7. The third-order valence-electron chi connectivity index (χ3n) is 1.66. The van der Waals surface area contributed by atoms with Crippen LogP contribution in [-0.2, 0) is 4.65 Å². The zero-order valence-electron chi connectivity index (χ0n) is 7.37. The van der Waals surface area contributed by atoms with Gasteiger partial charge in [0.1, 0.15) is 24.4 Å². The summed E-state index contributed by atoms with van der Waals surface area (Å²) in [5.41, 5.74) is 0. The molecule has 4 atom stereocenters. The molecule has 0 radical (unpaired) electrons. The predicted octanol–water partition coefficient (Wildman–Crippen LogP) is -4.01. The molecule has 78 valence electrons. The van der Waals surface area contributed by atoms with E-state index in [1.807, 2.05) is 0 Å². The molecule has 7 heteroatoms. The molecule has 0 aromatic heterocycles. The number of hydrogen-bond donors (Lipinski definition) is 5. The Labute approximate surface area is 76.8 Å². The molecule has 0 aliphatic carbocycles. The number of aliphatic hydroxyl groups excluding tert-OH is 5. The van der Waals surface area contributed by atoms with Crippen LogP contribution in [0.5, 0.6) is 0 Å². The fourth-order valence-electron chi connectivity index (χ4n) is 0.833. The fraction of sp³-hybridized carbons (Fsp3) is 1.00. The van der Waals surface area contributed by atoms with Gasteiger partial charge in [-0.25, -0.2) is 0 Å². The summed E-state index contributed by atoms with van der Waals surface area (Å²) in [7, 11) is 1.32. The van der Waals surface area contributed by atoms with Crippen LogP contribution in [0.15, 0.2) is 0 Å². The molecule has 0 spiro atoms. The molecular formula is C6H15BO6. The van der Waals surface area contributed by atoms with Gasteiger partial charge in [-0.15, -0.1) is 0 Å². The van der Waals surface area contributed by atoms with Gasteiger partial charge < -0.3 is 30.2 Å². The van der Waals surface area contributed by atoms with Gasteiger partial charge in [0, 0.05) is 0 Å². The summed E-state index contributed by atoms with van der Waals surface area (Å²) in [6.07, 6.45) is -5.89. The van der Waals surface area contributed by atoms with Crippen molar-refractivity contribution in [2.24, 2.45) is 0 Å². The Morgan fingerprint density at radius 1 is 1.00 bits per heavy atom. The van der Waals surface area contributed by atoms with Gasteiger partial charge in [-0.1, -0.05) is 0 Å². The van der Waals surface area contributed by atoms with Gasteiger partial charge in [-0.2, -0.15) is 0 Å². The lowest BCUT2D eigenvalue weighted by atomic mass is 10.0. The third kappa shape index (κ3) is 4.03. The van der Waals surface area contributed by atoms with Crippen molar-refractivity contribution in [3.8, 4) is 0 Å². The molecule has 13 heavy (non-hydrogen) atoms. The highest BCUT2D eigenvalue weighted by atomic mass is 16.4. The van der Waals surface area contributed by atoms with E-state index in [9.17, 15) is 0 Å². The van der Waals surface area contributed by atoms with Gasteiger partial charge >= 0.3 is 0 Å². The van der Waals surface area contributed by atoms with Crippen LogP contribution in [0.1, 0.15) is 0 Å². The minimum atomic E-state index is -1.59. The molecule has 0 amide bonds. The van der Waals surface area contributed by atoms with Crippen molar-refractivity contribution in [2.75, 3.05) is 13.2 Å². The average molecular weight is 194 g/mol. The van der Waals surface area contributed by atoms with Crippen LogP contribution in [0.4, 0.5) is 0 Å². The molecule has 0 unspecified atom stereocenters. The monoisotopic (exact) mass is 194 g/mol. The van der Waals surface area contributed by atoms with E-state index in [0.717, 1.165) is 0 Å². The molecule has 5 N–H and O–H groups in total. The van der Waals surface area contributed by atoms with Crippen LogP contribution < -0.4 is 0 Å². The molecule has 0 heterocycles.